The average Bonchev–Trinajstić information content (AvgIpc) is 2.64. The third-order valence-corrected chi connectivity index (χ3v) is 3.27. The fraction of sp³-hybridized carbons (Fsp3) is 0.625. The van der Waals surface area contributed by atoms with Gasteiger partial charge in [-0.25, -0.2) is 0 Å². The smallest absolute Gasteiger partial charge is 0.107 e. The predicted molar refractivity (Wildman–Crippen MR) is 51.2 cm³/mol. The number of aryl methyl sites for hydroxylation is 1. The molecule has 0 radical (unpaired) electrons. The maximum absolute atomic E-state index is 4.33. The second-order valence-corrected chi connectivity index (χ2v) is 3.96. The molecule has 1 atom stereocenters. The van der Waals surface area contributed by atoms with Gasteiger partial charge in [0.05, 0.1) is 12.2 Å². The molecule has 1 aliphatic heterocycles. The van der Waals surface area contributed by atoms with Crippen LogP contribution in [0.15, 0.2) is 10.8 Å². The van der Waals surface area contributed by atoms with Crippen molar-refractivity contribution in [3.8, 4) is 0 Å². The Balaban J connectivity index is 2.26. The lowest BCUT2D eigenvalue weighted by atomic mass is 10.3. The Morgan fingerprint density at radius 2 is 2.58 bits per heavy atom. The fourth-order valence-corrected chi connectivity index (χ4v) is 2.02. The van der Waals surface area contributed by atoms with Gasteiger partial charge in [0.2, 0.25) is 0 Å². The van der Waals surface area contributed by atoms with Crippen LogP contribution in [0.2, 0.25) is 0 Å². The van der Waals surface area contributed by atoms with Crippen molar-refractivity contribution in [2.45, 2.75) is 19.4 Å². The Hall–Kier alpha value is -0.350. The molecule has 12 heavy (non-hydrogen) atoms. The maximum atomic E-state index is 4.33. The van der Waals surface area contributed by atoms with Crippen LogP contribution in [0.25, 0.3) is 0 Å². The number of nitrogens with one attached hydrogen (secondary N) is 1. The van der Waals surface area contributed by atoms with Gasteiger partial charge in [0.15, 0.2) is 0 Å². The van der Waals surface area contributed by atoms with Crippen molar-refractivity contribution in [2.24, 2.45) is 0 Å². The molecule has 0 spiro atoms. The number of hydrogen-bond acceptors (Lipinski definition) is 2. The molecule has 1 unspecified atom stereocenters. The van der Waals surface area contributed by atoms with Crippen LogP contribution in [-0.2, 0) is 0 Å². The average molecular weight is 230 g/mol. The number of nitrogens with zero attached hydrogens (tertiary/aromatic N) is 2. The van der Waals surface area contributed by atoms with E-state index in [9.17, 15) is 0 Å². The van der Waals surface area contributed by atoms with Gasteiger partial charge in [-0.3, -0.25) is 4.68 Å². The minimum absolute atomic E-state index is 0.535. The Morgan fingerprint density at radius 3 is 3.08 bits per heavy atom. The number of aromatic nitrogens is 2. The van der Waals surface area contributed by atoms with Gasteiger partial charge in [-0.05, 0) is 35.8 Å². The summed E-state index contributed by atoms with van der Waals surface area (Å²) >= 11 is 3.53. The quantitative estimate of drug-likeness (QED) is 0.792. The summed E-state index contributed by atoms with van der Waals surface area (Å²) < 4.78 is 3.19. The summed E-state index contributed by atoms with van der Waals surface area (Å²) in [5.74, 6) is 0. The third kappa shape index (κ3) is 1.29. The van der Waals surface area contributed by atoms with Gasteiger partial charge in [0, 0.05) is 12.1 Å². The summed E-state index contributed by atoms with van der Waals surface area (Å²) in [4.78, 5) is 0. The summed E-state index contributed by atoms with van der Waals surface area (Å²) in [6, 6.07) is 0.535. The van der Waals surface area contributed by atoms with Crippen molar-refractivity contribution in [3.05, 3.63) is 16.4 Å². The zero-order valence-electron chi connectivity index (χ0n) is 7.05. The molecular formula is C8H12BrN3. The molecule has 4 heteroatoms. The first-order valence-corrected chi connectivity index (χ1v) is 4.98. The van der Waals surface area contributed by atoms with Gasteiger partial charge in [0.1, 0.15) is 4.60 Å². The minimum Gasteiger partial charge on any atom is -0.315 e. The van der Waals surface area contributed by atoms with Crippen LogP contribution in [0, 0.1) is 6.92 Å². The molecule has 1 aromatic heterocycles. The zero-order chi connectivity index (χ0) is 8.55. The lowest BCUT2D eigenvalue weighted by Gasteiger charge is -2.10. The lowest BCUT2D eigenvalue weighted by molar-refractivity contribution is 0.481. The highest BCUT2D eigenvalue weighted by atomic mass is 79.9. The molecule has 1 aromatic rings. The topological polar surface area (TPSA) is 29.9 Å². The Kier molecular flexibility index (Phi) is 2.19. The first-order chi connectivity index (χ1) is 5.79. The summed E-state index contributed by atoms with van der Waals surface area (Å²) in [5.41, 5.74) is 1.21. The van der Waals surface area contributed by atoms with Crippen LogP contribution >= 0.6 is 15.9 Å². The molecule has 2 heterocycles. The van der Waals surface area contributed by atoms with Crippen molar-refractivity contribution in [1.82, 2.24) is 15.1 Å². The van der Waals surface area contributed by atoms with Gasteiger partial charge < -0.3 is 5.32 Å². The summed E-state index contributed by atoms with van der Waals surface area (Å²) in [6.45, 7) is 4.21. The molecule has 2 rings (SSSR count). The van der Waals surface area contributed by atoms with E-state index in [-0.39, 0.29) is 0 Å². The Bertz CT molecular complexity index is 276. The van der Waals surface area contributed by atoms with E-state index in [1.165, 1.54) is 12.0 Å². The van der Waals surface area contributed by atoms with E-state index >= 15 is 0 Å². The van der Waals surface area contributed by atoms with E-state index in [0.29, 0.717) is 6.04 Å². The Labute approximate surface area is 80.3 Å². The summed E-state index contributed by atoms with van der Waals surface area (Å²) in [5, 5.41) is 7.65. The number of rotatable bonds is 1. The van der Waals surface area contributed by atoms with Crippen LogP contribution in [-0.4, -0.2) is 22.9 Å². The highest BCUT2D eigenvalue weighted by Gasteiger charge is 2.19. The molecule has 0 amide bonds. The highest BCUT2D eigenvalue weighted by molar-refractivity contribution is 9.10. The standard InChI is InChI=1S/C8H12BrN3/c1-6-4-11-12(8(6)9)7-2-3-10-5-7/h4,7,10H,2-3,5H2,1H3. The predicted octanol–water partition coefficient (Wildman–Crippen LogP) is 1.49. The SMILES string of the molecule is Cc1cnn(C2CCNC2)c1Br. The normalized spacial score (nSPS) is 23.3. The highest BCUT2D eigenvalue weighted by Crippen LogP contribution is 2.22. The van der Waals surface area contributed by atoms with Crippen molar-refractivity contribution >= 4 is 15.9 Å². The molecule has 1 N–H and O–H groups in total. The van der Waals surface area contributed by atoms with Crippen molar-refractivity contribution in [1.29, 1.82) is 0 Å². The number of halogens is 1. The van der Waals surface area contributed by atoms with E-state index in [0.717, 1.165) is 17.7 Å². The zero-order valence-corrected chi connectivity index (χ0v) is 8.63. The molecule has 66 valence electrons. The molecule has 1 saturated heterocycles. The number of hydrogen-bond donors (Lipinski definition) is 1. The fourth-order valence-electron chi connectivity index (χ4n) is 1.54. The van der Waals surface area contributed by atoms with Gasteiger partial charge >= 0.3 is 0 Å². The second-order valence-electron chi connectivity index (χ2n) is 3.21. The van der Waals surface area contributed by atoms with E-state index in [2.05, 4.69) is 38.0 Å². The van der Waals surface area contributed by atoms with Crippen LogP contribution in [0.1, 0.15) is 18.0 Å². The summed E-state index contributed by atoms with van der Waals surface area (Å²) in [7, 11) is 0. The molecule has 3 nitrogen and oxygen atoms in total. The van der Waals surface area contributed by atoms with Crippen molar-refractivity contribution < 1.29 is 0 Å². The van der Waals surface area contributed by atoms with E-state index in [4.69, 9.17) is 0 Å². The van der Waals surface area contributed by atoms with Gasteiger partial charge in [-0.15, -0.1) is 0 Å². The van der Waals surface area contributed by atoms with Crippen LogP contribution in [0.5, 0.6) is 0 Å². The first-order valence-electron chi connectivity index (χ1n) is 4.19. The Morgan fingerprint density at radius 1 is 1.75 bits per heavy atom. The van der Waals surface area contributed by atoms with Gasteiger partial charge in [-0.2, -0.15) is 5.10 Å². The van der Waals surface area contributed by atoms with E-state index in [1.54, 1.807) is 0 Å². The largest absolute Gasteiger partial charge is 0.315 e. The minimum atomic E-state index is 0.535. The summed E-state index contributed by atoms with van der Waals surface area (Å²) in [6.07, 6.45) is 3.09. The second kappa shape index (κ2) is 3.18. The lowest BCUT2D eigenvalue weighted by Crippen LogP contribution is -2.14. The van der Waals surface area contributed by atoms with Gasteiger partial charge in [0.25, 0.3) is 0 Å². The molecule has 1 fully saturated rings. The third-order valence-electron chi connectivity index (χ3n) is 2.28. The molecular weight excluding hydrogens is 218 g/mol. The van der Waals surface area contributed by atoms with Crippen LogP contribution in [0.3, 0.4) is 0 Å². The molecule has 0 bridgehead atoms. The molecule has 0 aromatic carbocycles. The van der Waals surface area contributed by atoms with Crippen LogP contribution in [0.4, 0.5) is 0 Å². The monoisotopic (exact) mass is 229 g/mol. The maximum Gasteiger partial charge on any atom is 0.107 e. The van der Waals surface area contributed by atoms with Crippen molar-refractivity contribution in [2.75, 3.05) is 13.1 Å². The van der Waals surface area contributed by atoms with Crippen LogP contribution < -0.4 is 5.32 Å². The van der Waals surface area contributed by atoms with E-state index in [1.807, 2.05) is 6.20 Å². The first kappa shape index (κ1) is 8.26. The molecule has 0 saturated carbocycles. The van der Waals surface area contributed by atoms with Crippen molar-refractivity contribution in [3.63, 3.8) is 0 Å². The van der Waals surface area contributed by atoms with E-state index < -0.39 is 0 Å². The molecule has 1 aliphatic rings. The molecule has 0 aliphatic carbocycles. The van der Waals surface area contributed by atoms with Gasteiger partial charge in [-0.1, -0.05) is 0 Å².